The standard InChI is InChI=1S/C32H47FN4O2/c1-6-7-18-39-32(38)27-9-11-31(30(33)20-27)35-14-12-26(13-15-35)21-36-16-17-37(23-29(36)22-34(4)5)28-10-8-24(2)25(3)19-28/h8-11,19-20,26,29H,6-7,12-18,21-23H2,1-5H3. The van der Waals surface area contributed by atoms with Crippen LogP contribution in [0.25, 0.3) is 0 Å². The SMILES string of the molecule is CCCCOC(=O)c1ccc(N2CCC(CN3CCN(c4ccc(C)c(C)c4)CC3CN(C)C)CC2)c(F)c1. The van der Waals surface area contributed by atoms with Gasteiger partial charge in [0.15, 0.2) is 0 Å². The lowest BCUT2D eigenvalue weighted by Gasteiger charge is -2.45. The molecule has 0 radical (unpaired) electrons. The number of unbranched alkanes of at least 4 members (excludes halogenated alkanes) is 1. The number of hydrogen-bond donors (Lipinski definition) is 0. The number of nitrogens with zero attached hydrogens (tertiary/aromatic N) is 4. The molecule has 0 aromatic heterocycles. The number of benzene rings is 2. The Bertz CT molecular complexity index is 1100. The first-order valence-corrected chi connectivity index (χ1v) is 14.7. The number of likely N-dealkylation sites (N-methyl/N-ethyl adjacent to an activating group) is 1. The van der Waals surface area contributed by atoms with Gasteiger partial charge < -0.3 is 19.4 Å². The van der Waals surface area contributed by atoms with Gasteiger partial charge in [0.05, 0.1) is 17.9 Å². The zero-order valence-corrected chi connectivity index (χ0v) is 24.6. The minimum absolute atomic E-state index is 0.286. The lowest BCUT2D eigenvalue weighted by Crippen LogP contribution is -2.58. The highest BCUT2D eigenvalue weighted by molar-refractivity contribution is 5.89. The Kier molecular flexibility index (Phi) is 10.2. The van der Waals surface area contributed by atoms with Crippen molar-refractivity contribution in [3.63, 3.8) is 0 Å². The van der Waals surface area contributed by atoms with E-state index in [1.54, 1.807) is 12.1 Å². The number of piperazine rings is 1. The Hall–Kier alpha value is -2.64. The molecule has 0 saturated carbocycles. The van der Waals surface area contributed by atoms with E-state index in [2.05, 4.69) is 65.7 Å². The largest absolute Gasteiger partial charge is 0.462 e. The molecule has 0 bridgehead atoms. The predicted octanol–water partition coefficient (Wildman–Crippen LogP) is 5.37. The molecule has 1 unspecified atom stereocenters. The molecular formula is C32H47FN4O2. The van der Waals surface area contributed by atoms with Gasteiger partial charge in [0.1, 0.15) is 5.82 Å². The fourth-order valence-corrected chi connectivity index (χ4v) is 5.86. The highest BCUT2D eigenvalue weighted by Gasteiger charge is 2.31. The molecule has 4 rings (SSSR count). The van der Waals surface area contributed by atoms with Gasteiger partial charge in [-0.05, 0) is 94.6 Å². The van der Waals surface area contributed by atoms with Crippen LogP contribution in [-0.4, -0.2) is 88.3 Å². The molecule has 2 fully saturated rings. The molecule has 2 heterocycles. The number of ether oxygens (including phenoxy) is 1. The van der Waals surface area contributed by atoms with Crippen molar-refractivity contribution in [2.75, 3.05) is 76.3 Å². The summed E-state index contributed by atoms with van der Waals surface area (Å²) in [5.41, 5.74) is 4.90. The third-order valence-electron chi connectivity index (χ3n) is 8.40. The average Bonchev–Trinajstić information content (AvgIpc) is 2.91. The van der Waals surface area contributed by atoms with Crippen LogP contribution in [0.1, 0.15) is 54.1 Å². The van der Waals surface area contributed by atoms with Gasteiger partial charge in [-0.1, -0.05) is 19.4 Å². The van der Waals surface area contributed by atoms with Gasteiger partial charge in [0.25, 0.3) is 0 Å². The van der Waals surface area contributed by atoms with Crippen LogP contribution in [0.15, 0.2) is 36.4 Å². The normalized spacial score (nSPS) is 19.1. The monoisotopic (exact) mass is 538 g/mol. The lowest BCUT2D eigenvalue weighted by atomic mass is 9.94. The predicted molar refractivity (Wildman–Crippen MR) is 159 cm³/mol. The van der Waals surface area contributed by atoms with Gasteiger partial charge >= 0.3 is 5.97 Å². The van der Waals surface area contributed by atoms with Crippen molar-refractivity contribution in [3.05, 3.63) is 58.9 Å². The topological polar surface area (TPSA) is 39.3 Å². The Balaban J connectivity index is 1.32. The van der Waals surface area contributed by atoms with Gasteiger partial charge in [0.2, 0.25) is 0 Å². The van der Waals surface area contributed by atoms with Crippen molar-refractivity contribution >= 4 is 17.3 Å². The van der Waals surface area contributed by atoms with E-state index < -0.39 is 5.97 Å². The van der Waals surface area contributed by atoms with Crippen LogP contribution in [0, 0.1) is 25.6 Å². The summed E-state index contributed by atoms with van der Waals surface area (Å²) in [4.78, 5) is 21.9. The van der Waals surface area contributed by atoms with Crippen LogP contribution in [0.2, 0.25) is 0 Å². The fraction of sp³-hybridized carbons (Fsp3) is 0.594. The highest BCUT2D eigenvalue weighted by atomic mass is 19.1. The second-order valence-corrected chi connectivity index (χ2v) is 11.7. The Morgan fingerprint density at radius 2 is 1.77 bits per heavy atom. The quantitative estimate of drug-likeness (QED) is 0.299. The molecule has 2 aliphatic heterocycles. The summed E-state index contributed by atoms with van der Waals surface area (Å²) < 4.78 is 20.2. The summed E-state index contributed by atoms with van der Waals surface area (Å²) in [5.74, 6) is -0.181. The van der Waals surface area contributed by atoms with Crippen molar-refractivity contribution in [1.82, 2.24) is 9.80 Å². The molecule has 2 saturated heterocycles. The zero-order valence-electron chi connectivity index (χ0n) is 24.6. The third kappa shape index (κ3) is 7.73. The van der Waals surface area contributed by atoms with Crippen LogP contribution >= 0.6 is 0 Å². The average molecular weight is 539 g/mol. The van der Waals surface area contributed by atoms with E-state index in [1.807, 2.05) is 6.92 Å². The molecule has 0 N–H and O–H groups in total. The number of carbonyl (C=O) groups excluding carboxylic acids is 1. The lowest BCUT2D eigenvalue weighted by molar-refractivity contribution is 0.0499. The van der Waals surface area contributed by atoms with Crippen molar-refractivity contribution < 1.29 is 13.9 Å². The van der Waals surface area contributed by atoms with Gasteiger partial charge in [-0.25, -0.2) is 9.18 Å². The summed E-state index contributed by atoms with van der Waals surface area (Å²) in [6.45, 7) is 13.7. The summed E-state index contributed by atoms with van der Waals surface area (Å²) in [5, 5.41) is 0. The van der Waals surface area contributed by atoms with E-state index in [0.29, 0.717) is 24.3 Å². The van der Waals surface area contributed by atoms with Crippen LogP contribution < -0.4 is 9.80 Å². The Morgan fingerprint density at radius 1 is 1.00 bits per heavy atom. The molecule has 2 aromatic rings. The first-order chi connectivity index (χ1) is 18.7. The number of halogens is 1. The molecule has 2 aromatic carbocycles. The van der Waals surface area contributed by atoms with Crippen molar-refractivity contribution in [2.45, 2.75) is 52.5 Å². The second kappa shape index (κ2) is 13.6. The van der Waals surface area contributed by atoms with Crippen molar-refractivity contribution in [2.24, 2.45) is 5.92 Å². The third-order valence-corrected chi connectivity index (χ3v) is 8.40. The molecule has 6 nitrogen and oxygen atoms in total. The summed E-state index contributed by atoms with van der Waals surface area (Å²) >= 11 is 0. The molecule has 0 amide bonds. The molecule has 7 heteroatoms. The van der Waals surface area contributed by atoms with Gasteiger partial charge in [-0.15, -0.1) is 0 Å². The molecular weight excluding hydrogens is 491 g/mol. The van der Waals surface area contributed by atoms with E-state index in [9.17, 15) is 9.18 Å². The molecule has 39 heavy (non-hydrogen) atoms. The molecule has 0 aliphatic carbocycles. The molecule has 1 atom stereocenters. The van der Waals surface area contributed by atoms with Crippen LogP contribution in [0.3, 0.4) is 0 Å². The van der Waals surface area contributed by atoms with Gasteiger partial charge in [0, 0.05) is 57.5 Å². The number of carbonyl (C=O) groups is 1. The first kappa shape index (κ1) is 29.3. The summed E-state index contributed by atoms with van der Waals surface area (Å²) in [7, 11) is 4.33. The van der Waals surface area contributed by atoms with Gasteiger partial charge in [-0.3, -0.25) is 4.90 Å². The fourth-order valence-electron chi connectivity index (χ4n) is 5.86. The number of piperidine rings is 1. The molecule has 214 valence electrons. The number of esters is 1. The number of anilines is 2. The number of aryl methyl sites for hydroxylation is 2. The zero-order chi connectivity index (χ0) is 27.9. The van der Waals surface area contributed by atoms with E-state index in [4.69, 9.17) is 4.74 Å². The van der Waals surface area contributed by atoms with E-state index >= 15 is 0 Å². The maximum Gasteiger partial charge on any atom is 0.338 e. The summed E-state index contributed by atoms with van der Waals surface area (Å²) in [6.07, 6.45) is 3.87. The first-order valence-electron chi connectivity index (χ1n) is 14.7. The molecule has 0 spiro atoms. The maximum atomic E-state index is 15.0. The van der Waals surface area contributed by atoms with Crippen LogP contribution in [0.5, 0.6) is 0 Å². The maximum absolute atomic E-state index is 15.0. The Morgan fingerprint density at radius 3 is 2.44 bits per heavy atom. The minimum atomic E-state index is -0.447. The number of hydrogen-bond acceptors (Lipinski definition) is 6. The van der Waals surface area contributed by atoms with E-state index in [0.717, 1.165) is 71.5 Å². The van der Waals surface area contributed by atoms with Crippen molar-refractivity contribution in [1.29, 1.82) is 0 Å². The Labute approximate surface area is 234 Å². The van der Waals surface area contributed by atoms with E-state index in [-0.39, 0.29) is 11.4 Å². The van der Waals surface area contributed by atoms with Gasteiger partial charge in [-0.2, -0.15) is 0 Å². The number of rotatable bonds is 10. The highest BCUT2D eigenvalue weighted by Crippen LogP contribution is 2.29. The smallest absolute Gasteiger partial charge is 0.338 e. The van der Waals surface area contributed by atoms with Crippen LogP contribution in [-0.2, 0) is 4.74 Å². The van der Waals surface area contributed by atoms with E-state index in [1.165, 1.54) is 22.9 Å². The van der Waals surface area contributed by atoms with Crippen molar-refractivity contribution in [3.8, 4) is 0 Å². The molecule has 2 aliphatic rings. The second-order valence-electron chi connectivity index (χ2n) is 11.7. The minimum Gasteiger partial charge on any atom is -0.462 e. The van der Waals surface area contributed by atoms with Crippen LogP contribution in [0.4, 0.5) is 15.8 Å². The summed E-state index contributed by atoms with van der Waals surface area (Å²) in [6, 6.07) is 12.1.